The summed E-state index contributed by atoms with van der Waals surface area (Å²) < 4.78 is 0. The molecule has 0 unspecified atom stereocenters. The highest BCUT2D eigenvalue weighted by molar-refractivity contribution is 5.80. The Bertz CT molecular complexity index is 358. The van der Waals surface area contributed by atoms with E-state index in [1.54, 1.807) is 18.4 Å². The van der Waals surface area contributed by atoms with E-state index in [1.165, 1.54) is 0 Å². The van der Waals surface area contributed by atoms with Crippen molar-refractivity contribution < 1.29 is 0 Å². The molecule has 1 aromatic rings. The van der Waals surface area contributed by atoms with Crippen molar-refractivity contribution in [2.75, 3.05) is 0 Å². The molecular formula is C13H13N. The smallest absolute Gasteiger partial charge is 0.0623 e. The summed E-state index contributed by atoms with van der Waals surface area (Å²) in [6.45, 7) is 7.27. The first-order valence-electron chi connectivity index (χ1n) is 4.41. The molecule has 0 heterocycles. The van der Waals surface area contributed by atoms with Crippen LogP contribution < -0.4 is 0 Å². The third-order valence-electron chi connectivity index (χ3n) is 1.66. The van der Waals surface area contributed by atoms with Gasteiger partial charge in [0.15, 0.2) is 0 Å². The van der Waals surface area contributed by atoms with Crippen molar-refractivity contribution in [3.63, 3.8) is 0 Å². The molecule has 1 nitrogen and oxygen atoms in total. The van der Waals surface area contributed by atoms with Gasteiger partial charge in [0, 0.05) is 6.21 Å². The SMILES string of the molecule is C=C/C=C(\C=C)N=Cc1ccccc1. The highest BCUT2D eigenvalue weighted by Gasteiger charge is 1.85. The Balaban J connectivity index is 2.77. The molecule has 0 aliphatic heterocycles. The first-order chi connectivity index (χ1) is 6.86. The van der Waals surface area contributed by atoms with Gasteiger partial charge in [-0.1, -0.05) is 49.6 Å². The van der Waals surface area contributed by atoms with Gasteiger partial charge in [0.05, 0.1) is 5.70 Å². The predicted molar refractivity (Wildman–Crippen MR) is 62.5 cm³/mol. The zero-order chi connectivity index (χ0) is 10.2. The molecule has 0 N–H and O–H groups in total. The third-order valence-corrected chi connectivity index (χ3v) is 1.66. The number of hydrogen-bond donors (Lipinski definition) is 0. The molecule has 0 spiro atoms. The van der Waals surface area contributed by atoms with Gasteiger partial charge in [-0.2, -0.15) is 0 Å². The second kappa shape index (κ2) is 5.70. The summed E-state index contributed by atoms with van der Waals surface area (Å²) >= 11 is 0. The fraction of sp³-hybridized carbons (Fsp3) is 0. The average molecular weight is 183 g/mol. The molecule has 1 heteroatoms. The Morgan fingerprint density at radius 2 is 1.86 bits per heavy atom. The Hall–Kier alpha value is -1.89. The predicted octanol–water partition coefficient (Wildman–Crippen LogP) is 3.36. The molecule has 0 bridgehead atoms. The lowest BCUT2D eigenvalue weighted by atomic mass is 10.2. The van der Waals surface area contributed by atoms with Gasteiger partial charge in [0.1, 0.15) is 0 Å². The second-order valence-electron chi connectivity index (χ2n) is 2.70. The van der Waals surface area contributed by atoms with Crippen molar-refractivity contribution in [1.82, 2.24) is 0 Å². The van der Waals surface area contributed by atoms with Crippen LogP contribution in [0.4, 0.5) is 0 Å². The van der Waals surface area contributed by atoms with Crippen molar-refractivity contribution in [1.29, 1.82) is 0 Å². The molecule has 0 amide bonds. The van der Waals surface area contributed by atoms with Gasteiger partial charge < -0.3 is 0 Å². The number of benzene rings is 1. The molecule has 0 aromatic heterocycles. The summed E-state index contributed by atoms with van der Waals surface area (Å²) in [7, 11) is 0. The molecule has 1 rings (SSSR count). The van der Waals surface area contributed by atoms with Crippen LogP contribution in [0, 0.1) is 0 Å². The zero-order valence-corrected chi connectivity index (χ0v) is 8.06. The summed E-state index contributed by atoms with van der Waals surface area (Å²) in [6, 6.07) is 9.93. The van der Waals surface area contributed by atoms with Crippen LogP contribution >= 0.6 is 0 Å². The van der Waals surface area contributed by atoms with Gasteiger partial charge in [-0.05, 0) is 17.7 Å². The maximum absolute atomic E-state index is 4.25. The molecule has 0 saturated carbocycles. The lowest BCUT2D eigenvalue weighted by molar-refractivity contribution is 1.43. The van der Waals surface area contributed by atoms with Crippen molar-refractivity contribution >= 4 is 6.21 Å². The lowest BCUT2D eigenvalue weighted by Crippen LogP contribution is -1.79. The van der Waals surface area contributed by atoms with Crippen molar-refractivity contribution in [2.24, 2.45) is 4.99 Å². The number of nitrogens with zero attached hydrogens (tertiary/aromatic N) is 1. The van der Waals surface area contributed by atoms with E-state index in [9.17, 15) is 0 Å². The van der Waals surface area contributed by atoms with Crippen molar-refractivity contribution in [3.05, 3.63) is 73.0 Å². The molecule has 0 atom stereocenters. The first-order valence-corrected chi connectivity index (χ1v) is 4.41. The molecule has 1 aromatic carbocycles. The van der Waals surface area contributed by atoms with Crippen LogP contribution in [0.15, 0.2) is 72.4 Å². The lowest BCUT2D eigenvalue weighted by Gasteiger charge is -1.92. The van der Waals surface area contributed by atoms with Gasteiger partial charge in [-0.25, -0.2) is 0 Å². The molecular weight excluding hydrogens is 170 g/mol. The van der Waals surface area contributed by atoms with Gasteiger partial charge in [0.25, 0.3) is 0 Å². The standard InChI is InChI=1S/C13H13N/c1-3-8-13(4-2)14-11-12-9-6-5-7-10-12/h3-11H,1-2H2/b13-8+,14-11?. The van der Waals surface area contributed by atoms with E-state index < -0.39 is 0 Å². The topological polar surface area (TPSA) is 12.4 Å². The van der Waals surface area contributed by atoms with Crippen LogP contribution in [-0.2, 0) is 0 Å². The Morgan fingerprint density at radius 1 is 1.14 bits per heavy atom. The van der Waals surface area contributed by atoms with Crippen molar-refractivity contribution in [2.45, 2.75) is 0 Å². The number of allylic oxidation sites excluding steroid dienone is 3. The van der Waals surface area contributed by atoms with Crippen LogP contribution in [0.25, 0.3) is 0 Å². The summed E-state index contributed by atoms with van der Waals surface area (Å²) in [5.41, 5.74) is 1.88. The quantitative estimate of drug-likeness (QED) is 0.501. The molecule has 14 heavy (non-hydrogen) atoms. The summed E-state index contributed by atoms with van der Waals surface area (Å²) in [4.78, 5) is 4.25. The fourth-order valence-corrected chi connectivity index (χ4v) is 0.973. The highest BCUT2D eigenvalue weighted by atomic mass is 14.7. The minimum atomic E-state index is 0.809. The third kappa shape index (κ3) is 3.23. The molecule has 0 saturated heterocycles. The maximum Gasteiger partial charge on any atom is 0.0623 e. The first kappa shape index (κ1) is 10.2. The number of rotatable bonds is 4. The molecule has 70 valence electrons. The van der Waals surface area contributed by atoms with Gasteiger partial charge in [-0.3, -0.25) is 4.99 Å². The van der Waals surface area contributed by atoms with Gasteiger partial charge in [0.2, 0.25) is 0 Å². The van der Waals surface area contributed by atoms with Gasteiger partial charge in [-0.15, -0.1) is 0 Å². The van der Waals surface area contributed by atoms with E-state index in [2.05, 4.69) is 18.2 Å². The largest absolute Gasteiger partial charge is 0.256 e. The average Bonchev–Trinajstić information content (AvgIpc) is 2.25. The minimum Gasteiger partial charge on any atom is -0.256 e. The van der Waals surface area contributed by atoms with E-state index in [-0.39, 0.29) is 0 Å². The van der Waals surface area contributed by atoms with E-state index in [0.29, 0.717) is 0 Å². The Morgan fingerprint density at radius 3 is 2.43 bits per heavy atom. The molecule has 0 fully saturated rings. The normalized spacial score (nSPS) is 11.6. The monoisotopic (exact) mass is 183 g/mol. The Labute approximate surface area is 84.8 Å². The van der Waals surface area contributed by atoms with Crippen LogP contribution in [0.3, 0.4) is 0 Å². The number of aliphatic imine (C=N–C) groups is 1. The van der Waals surface area contributed by atoms with Crippen molar-refractivity contribution in [3.8, 4) is 0 Å². The van der Waals surface area contributed by atoms with E-state index in [4.69, 9.17) is 0 Å². The zero-order valence-electron chi connectivity index (χ0n) is 8.06. The van der Waals surface area contributed by atoms with E-state index >= 15 is 0 Å². The maximum atomic E-state index is 4.25. The summed E-state index contributed by atoms with van der Waals surface area (Å²) in [5, 5.41) is 0. The Kier molecular flexibility index (Phi) is 4.15. The summed E-state index contributed by atoms with van der Waals surface area (Å²) in [6.07, 6.45) is 7.00. The van der Waals surface area contributed by atoms with E-state index in [1.807, 2.05) is 36.4 Å². The van der Waals surface area contributed by atoms with Gasteiger partial charge >= 0.3 is 0 Å². The van der Waals surface area contributed by atoms with Crippen LogP contribution in [0.1, 0.15) is 5.56 Å². The number of hydrogen-bond acceptors (Lipinski definition) is 1. The molecule has 0 aliphatic carbocycles. The molecule has 0 radical (unpaired) electrons. The van der Waals surface area contributed by atoms with Crippen LogP contribution in [-0.4, -0.2) is 6.21 Å². The minimum absolute atomic E-state index is 0.809. The van der Waals surface area contributed by atoms with Crippen LogP contribution in [0.5, 0.6) is 0 Å². The van der Waals surface area contributed by atoms with E-state index in [0.717, 1.165) is 11.3 Å². The second-order valence-corrected chi connectivity index (χ2v) is 2.70. The van der Waals surface area contributed by atoms with Crippen LogP contribution in [0.2, 0.25) is 0 Å². The highest BCUT2D eigenvalue weighted by Crippen LogP contribution is 2.00. The summed E-state index contributed by atoms with van der Waals surface area (Å²) in [5.74, 6) is 0. The fourth-order valence-electron chi connectivity index (χ4n) is 0.973. The molecule has 0 aliphatic rings.